The lowest BCUT2D eigenvalue weighted by Gasteiger charge is -2.11. The molecule has 0 aliphatic rings. The van der Waals surface area contributed by atoms with E-state index in [0.29, 0.717) is 5.69 Å². The van der Waals surface area contributed by atoms with Gasteiger partial charge in [-0.2, -0.15) is 0 Å². The van der Waals surface area contributed by atoms with E-state index in [9.17, 15) is 14.0 Å². The highest BCUT2D eigenvalue weighted by molar-refractivity contribution is 5.92. The van der Waals surface area contributed by atoms with Crippen LogP contribution >= 0.6 is 0 Å². The lowest BCUT2D eigenvalue weighted by Crippen LogP contribution is -2.40. The Kier molecular flexibility index (Phi) is 4.47. The van der Waals surface area contributed by atoms with Gasteiger partial charge in [0.1, 0.15) is 6.04 Å². The summed E-state index contributed by atoms with van der Waals surface area (Å²) in [5, 5.41) is 13.2. The number of carboxylic acids is 1. The van der Waals surface area contributed by atoms with Gasteiger partial charge in [0.2, 0.25) is 0 Å². The first-order chi connectivity index (χ1) is 8.43. The molecule has 0 aliphatic heterocycles. The van der Waals surface area contributed by atoms with Gasteiger partial charge in [-0.25, -0.2) is 9.18 Å². The Morgan fingerprint density at radius 1 is 1.44 bits per heavy atom. The number of hydrogen-bond donors (Lipinski definition) is 3. The first-order valence-corrected chi connectivity index (χ1v) is 5.08. The van der Waals surface area contributed by atoms with E-state index in [1.807, 2.05) is 0 Å². The number of anilines is 1. The summed E-state index contributed by atoms with van der Waals surface area (Å²) in [6.07, 6.45) is 0. The maximum absolute atomic E-state index is 13.1. The molecule has 0 spiro atoms. The Balaban J connectivity index is 2.67. The number of ether oxygens (including phenoxy) is 1. The van der Waals surface area contributed by atoms with Crippen molar-refractivity contribution in [1.29, 1.82) is 0 Å². The van der Waals surface area contributed by atoms with Crippen LogP contribution in [-0.4, -0.2) is 30.3 Å². The lowest BCUT2D eigenvalue weighted by atomic mass is 10.3. The average molecular weight is 256 g/mol. The summed E-state index contributed by atoms with van der Waals surface area (Å²) in [6.45, 7) is 1.33. The summed E-state index contributed by atoms with van der Waals surface area (Å²) in [7, 11) is 1.30. The first-order valence-electron chi connectivity index (χ1n) is 5.08. The lowest BCUT2D eigenvalue weighted by molar-refractivity contribution is -0.138. The molecule has 3 N–H and O–H groups in total. The van der Waals surface area contributed by atoms with E-state index >= 15 is 0 Å². The van der Waals surface area contributed by atoms with Crippen molar-refractivity contribution in [3.8, 4) is 5.75 Å². The van der Waals surface area contributed by atoms with Crippen LogP contribution in [0, 0.1) is 5.82 Å². The molecule has 1 atom stereocenters. The van der Waals surface area contributed by atoms with E-state index in [1.54, 1.807) is 0 Å². The highest BCUT2D eigenvalue weighted by Gasteiger charge is 2.14. The van der Waals surface area contributed by atoms with Gasteiger partial charge in [-0.05, 0) is 19.1 Å². The average Bonchev–Trinajstić information content (AvgIpc) is 2.31. The Bertz CT molecular complexity index is 464. The van der Waals surface area contributed by atoms with Crippen LogP contribution in [0.4, 0.5) is 14.9 Å². The standard InChI is InChI=1S/C11H13FN2O4/c1-6(10(15)16)13-11(17)14-7-3-4-8(12)9(5-7)18-2/h3-6H,1-2H3,(H,15,16)(H2,13,14,17)/t6-/m1/s1. The summed E-state index contributed by atoms with van der Waals surface area (Å²) in [5.74, 6) is -1.72. The fraction of sp³-hybridized carbons (Fsp3) is 0.273. The van der Waals surface area contributed by atoms with Gasteiger partial charge < -0.3 is 20.5 Å². The number of hydrogen-bond acceptors (Lipinski definition) is 3. The number of aliphatic carboxylic acids is 1. The molecule has 0 unspecified atom stereocenters. The van der Waals surface area contributed by atoms with Gasteiger partial charge in [0.05, 0.1) is 7.11 Å². The van der Waals surface area contributed by atoms with Gasteiger partial charge in [-0.1, -0.05) is 0 Å². The second-order valence-corrected chi connectivity index (χ2v) is 3.51. The van der Waals surface area contributed by atoms with Crippen LogP contribution in [-0.2, 0) is 4.79 Å². The molecule has 18 heavy (non-hydrogen) atoms. The van der Waals surface area contributed by atoms with E-state index in [4.69, 9.17) is 9.84 Å². The molecule has 1 rings (SSSR count). The Morgan fingerprint density at radius 2 is 2.11 bits per heavy atom. The largest absolute Gasteiger partial charge is 0.494 e. The molecule has 1 aromatic carbocycles. The summed E-state index contributed by atoms with van der Waals surface area (Å²) >= 11 is 0. The molecule has 0 heterocycles. The third kappa shape index (κ3) is 3.62. The Hall–Kier alpha value is -2.31. The number of carboxylic acid groups (broad SMARTS) is 1. The summed E-state index contributed by atoms with van der Waals surface area (Å²) in [6, 6.07) is 2.05. The van der Waals surface area contributed by atoms with Gasteiger partial charge in [0.15, 0.2) is 11.6 Å². The highest BCUT2D eigenvalue weighted by Crippen LogP contribution is 2.21. The van der Waals surface area contributed by atoms with Crippen molar-refractivity contribution in [2.75, 3.05) is 12.4 Å². The third-order valence-corrected chi connectivity index (χ3v) is 2.13. The second kappa shape index (κ2) is 5.85. The Labute approximate surface area is 103 Å². The van der Waals surface area contributed by atoms with Gasteiger partial charge in [-0.15, -0.1) is 0 Å². The number of rotatable bonds is 4. The van der Waals surface area contributed by atoms with E-state index < -0.39 is 23.9 Å². The fourth-order valence-corrected chi connectivity index (χ4v) is 1.16. The normalized spacial score (nSPS) is 11.5. The Morgan fingerprint density at radius 3 is 2.67 bits per heavy atom. The van der Waals surface area contributed by atoms with Crippen LogP contribution in [0.25, 0.3) is 0 Å². The zero-order valence-corrected chi connectivity index (χ0v) is 9.86. The third-order valence-electron chi connectivity index (χ3n) is 2.13. The highest BCUT2D eigenvalue weighted by atomic mass is 19.1. The molecule has 0 saturated carbocycles. The van der Waals surface area contributed by atoms with Crippen molar-refractivity contribution in [1.82, 2.24) is 5.32 Å². The summed E-state index contributed by atoms with van der Waals surface area (Å²) < 4.78 is 17.8. The molecule has 0 aromatic heterocycles. The van der Waals surface area contributed by atoms with Crippen molar-refractivity contribution >= 4 is 17.7 Å². The molecule has 0 fully saturated rings. The number of halogens is 1. The van der Waals surface area contributed by atoms with Crippen LogP contribution in [0.3, 0.4) is 0 Å². The smallest absolute Gasteiger partial charge is 0.325 e. The van der Waals surface area contributed by atoms with Crippen molar-refractivity contribution in [3.05, 3.63) is 24.0 Å². The van der Waals surface area contributed by atoms with Crippen LogP contribution in [0.15, 0.2) is 18.2 Å². The predicted octanol–water partition coefficient (Wildman–Crippen LogP) is 1.43. The van der Waals surface area contributed by atoms with Crippen LogP contribution in [0.5, 0.6) is 5.75 Å². The topological polar surface area (TPSA) is 87.7 Å². The van der Waals surface area contributed by atoms with Crippen molar-refractivity contribution in [2.24, 2.45) is 0 Å². The maximum atomic E-state index is 13.1. The minimum atomic E-state index is -1.15. The zero-order chi connectivity index (χ0) is 13.7. The number of urea groups is 1. The molecule has 0 saturated heterocycles. The van der Waals surface area contributed by atoms with Gasteiger partial charge in [0.25, 0.3) is 0 Å². The molecular weight excluding hydrogens is 243 g/mol. The van der Waals surface area contributed by atoms with Crippen molar-refractivity contribution in [3.63, 3.8) is 0 Å². The fourth-order valence-electron chi connectivity index (χ4n) is 1.16. The molecular formula is C11H13FN2O4. The number of carbonyl (C=O) groups is 2. The van der Waals surface area contributed by atoms with Gasteiger partial charge in [-0.3, -0.25) is 4.79 Å². The second-order valence-electron chi connectivity index (χ2n) is 3.51. The van der Waals surface area contributed by atoms with E-state index in [-0.39, 0.29) is 5.75 Å². The first kappa shape index (κ1) is 13.8. The number of carbonyl (C=O) groups excluding carboxylic acids is 1. The quantitative estimate of drug-likeness (QED) is 0.760. The molecule has 0 bridgehead atoms. The molecule has 98 valence electrons. The molecule has 0 radical (unpaired) electrons. The van der Waals surface area contributed by atoms with E-state index in [1.165, 1.54) is 26.2 Å². The minimum absolute atomic E-state index is 0.0147. The molecule has 1 aromatic rings. The summed E-state index contributed by atoms with van der Waals surface area (Å²) in [5.41, 5.74) is 0.295. The number of amides is 2. The zero-order valence-electron chi connectivity index (χ0n) is 9.86. The minimum Gasteiger partial charge on any atom is -0.494 e. The molecule has 2 amide bonds. The van der Waals surface area contributed by atoms with E-state index in [2.05, 4.69) is 10.6 Å². The van der Waals surface area contributed by atoms with Crippen LogP contribution in [0.1, 0.15) is 6.92 Å². The van der Waals surface area contributed by atoms with Crippen molar-refractivity contribution < 1.29 is 23.8 Å². The maximum Gasteiger partial charge on any atom is 0.325 e. The predicted molar refractivity (Wildman–Crippen MR) is 62.2 cm³/mol. The number of nitrogens with one attached hydrogen (secondary N) is 2. The molecule has 7 heteroatoms. The van der Waals surface area contributed by atoms with Gasteiger partial charge in [0, 0.05) is 11.8 Å². The SMILES string of the molecule is COc1cc(NC(=O)N[C@H](C)C(=O)O)ccc1F. The van der Waals surface area contributed by atoms with Crippen molar-refractivity contribution in [2.45, 2.75) is 13.0 Å². The van der Waals surface area contributed by atoms with E-state index in [0.717, 1.165) is 6.07 Å². The summed E-state index contributed by atoms with van der Waals surface area (Å²) in [4.78, 5) is 21.9. The van der Waals surface area contributed by atoms with Crippen LogP contribution < -0.4 is 15.4 Å². The number of methoxy groups -OCH3 is 1. The molecule has 6 nitrogen and oxygen atoms in total. The molecule has 0 aliphatic carbocycles. The number of benzene rings is 1. The monoisotopic (exact) mass is 256 g/mol. The van der Waals surface area contributed by atoms with Gasteiger partial charge >= 0.3 is 12.0 Å². The van der Waals surface area contributed by atoms with Crippen LogP contribution in [0.2, 0.25) is 0 Å².